The Bertz CT molecular complexity index is 1310. The highest BCUT2D eigenvalue weighted by atomic mass is 35.5. The maximum atomic E-state index is 12.8. The zero-order valence-corrected chi connectivity index (χ0v) is 16.8. The molecule has 2 aromatic heterocycles. The first-order valence-electron chi connectivity index (χ1n) is 9.16. The van der Waals surface area contributed by atoms with Gasteiger partial charge in [0.15, 0.2) is 0 Å². The van der Waals surface area contributed by atoms with E-state index in [9.17, 15) is 10.1 Å². The Hall–Kier alpha value is -3.95. The Labute approximate surface area is 178 Å². The van der Waals surface area contributed by atoms with E-state index in [4.69, 9.17) is 11.6 Å². The molecule has 4 rings (SSSR count). The average molecular weight is 414 g/mol. The molecule has 0 saturated heterocycles. The van der Waals surface area contributed by atoms with Gasteiger partial charge in [0, 0.05) is 17.1 Å². The Balaban J connectivity index is 1.68. The number of nitriles is 1. The molecule has 0 saturated carbocycles. The second-order valence-corrected chi connectivity index (χ2v) is 6.89. The molecular weight excluding hydrogens is 398 g/mol. The van der Waals surface area contributed by atoms with Gasteiger partial charge in [0.2, 0.25) is 0 Å². The minimum absolute atomic E-state index is 0.0755. The van der Waals surface area contributed by atoms with Gasteiger partial charge < -0.3 is 5.32 Å². The number of amides is 1. The fourth-order valence-electron chi connectivity index (χ4n) is 3.11. The van der Waals surface area contributed by atoms with Crippen LogP contribution in [-0.4, -0.2) is 20.7 Å². The van der Waals surface area contributed by atoms with Crippen LogP contribution in [0.25, 0.3) is 22.7 Å². The van der Waals surface area contributed by atoms with Crippen LogP contribution in [-0.2, 0) is 4.79 Å². The summed E-state index contributed by atoms with van der Waals surface area (Å²) in [5.41, 5.74) is 3.17. The van der Waals surface area contributed by atoms with Crippen molar-refractivity contribution >= 4 is 40.2 Å². The van der Waals surface area contributed by atoms with Crippen molar-refractivity contribution in [3.63, 3.8) is 0 Å². The van der Waals surface area contributed by atoms with E-state index in [0.29, 0.717) is 22.1 Å². The average Bonchev–Trinajstić information content (AvgIpc) is 3.06. The summed E-state index contributed by atoms with van der Waals surface area (Å²) in [6.07, 6.45) is 3.15. The SMILES string of the molecule is Cc1nn(-c2ccccc2)c(Cl)c1/C=C(/C#N)C(=O)Nc1cccc2ncccc12. The lowest BCUT2D eigenvalue weighted by molar-refractivity contribution is -0.112. The molecule has 2 aromatic carbocycles. The van der Waals surface area contributed by atoms with Crippen molar-refractivity contribution in [3.8, 4) is 11.8 Å². The molecule has 0 fully saturated rings. The first-order valence-corrected chi connectivity index (χ1v) is 9.53. The summed E-state index contributed by atoms with van der Waals surface area (Å²) in [7, 11) is 0. The Morgan fingerprint density at radius 2 is 1.93 bits per heavy atom. The Morgan fingerprint density at radius 1 is 1.13 bits per heavy atom. The number of para-hydroxylation sites is 1. The fourth-order valence-corrected chi connectivity index (χ4v) is 3.44. The van der Waals surface area contributed by atoms with E-state index in [0.717, 1.165) is 16.6 Å². The van der Waals surface area contributed by atoms with Crippen molar-refractivity contribution < 1.29 is 4.79 Å². The normalized spacial score (nSPS) is 11.3. The van der Waals surface area contributed by atoms with Crippen LogP contribution in [0.1, 0.15) is 11.3 Å². The molecular formula is C23H16ClN5O. The number of rotatable bonds is 4. The highest BCUT2D eigenvalue weighted by Crippen LogP contribution is 2.26. The molecule has 0 aliphatic carbocycles. The molecule has 0 aliphatic heterocycles. The molecule has 0 spiro atoms. The largest absolute Gasteiger partial charge is 0.321 e. The monoisotopic (exact) mass is 413 g/mol. The predicted octanol–water partition coefficient (Wildman–Crippen LogP) is 4.93. The number of anilines is 1. The minimum Gasteiger partial charge on any atom is -0.321 e. The fraction of sp³-hybridized carbons (Fsp3) is 0.0435. The number of carbonyl (C=O) groups excluding carboxylic acids is 1. The zero-order chi connectivity index (χ0) is 21.1. The molecule has 1 N–H and O–H groups in total. The van der Waals surface area contributed by atoms with Crippen molar-refractivity contribution in [3.05, 3.63) is 88.8 Å². The molecule has 30 heavy (non-hydrogen) atoms. The quantitative estimate of drug-likeness (QED) is 0.380. The number of carbonyl (C=O) groups is 1. The van der Waals surface area contributed by atoms with Gasteiger partial charge in [0.25, 0.3) is 5.91 Å². The number of benzene rings is 2. The van der Waals surface area contributed by atoms with Crippen molar-refractivity contribution in [2.75, 3.05) is 5.32 Å². The first-order chi connectivity index (χ1) is 14.6. The molecule has 0 bridgehead atoms. The van der Waals surface area contributed by atoms with E-state index in [1.807, 2.05) is 48.5 Å². The topological polar surface area (TPSA) is 83.6 Å². The number of hydrogen-bond acceptors (Lipinski definition) is 4. The van der Waals surface area contributed by atoms with Gasteiger partial charge in [0.05, 0.1) is 22.6 Å². The summed E-state index contributed by atoms with van der Waals surface area (Å²) in [4.78, 5) is 17.1. The van der Waals surface area contributed by atoms with Gasteiger partial charge in [-0.2, -0.15) is 10.4 Å². The highest BCUT2D eigenvalue weighted by Gasteiger charge is 2.17. The third-order valence-corrected chi connectivity index (χ3v) is 4.96. The molecule has 0 unspecified atom stereocenters. The number of pyridine rings is 1. The van der Waals surface area contributed by atoms with Crippen LogP contribution in [0.3, 0.4) is 0 Å². The number of hydrogen-bond donors (Lipinski definition) is 1. The van der Waals surface area contributed by atoms with Crippen LogP contribution in [0.5, 0.6) is 0 Å². The van der Waals surface area contributed by atoms with E-state index in [-0.39, 0.29) is 5.57 Å². The summed E-state index contributed by atoms with van der Waals surface area (Å²) in [5, 5.41) is 17.9. The zero-order valence-electron chi connectivity index (χ0n) is 16.0. The maximum absolute atomic E-state index is 12.8. The second kappa shape index (κ2) is 8.19. The number of aromatic nitrogens is 3. The molecule has 2 heterocycles. The molecule has 0 radical (unpaired) electrons. The molecule has 1 amide bonds. The van der Waals surface area contributed by atoms with E-state index in [2.05, 4.69) is 15.4 Å². The lowest BCUT2D eigenvalue weighted by atomic mass is 10.1. The van der Waals surface area contributed by atoms with E-state index >= 15 is 0 Å². The van der Waals surface area contributed by atoms with Gasteiger partial charge in [-0.25, -0.2) is 4.68 Å². The van der Waals surface area contributed by atoms with Crippen molar-refractivity contribution in [1.82, 2.24) is 14.8 Å². The third kappa shape index (κ3) is 3.66. The van der Waals surface area contributed by atoms with Gasteiger partial charge in [0.1, 0.15) is 16.8 Å². The molecule has 4 aromatic rings. The van der Waals surface area contributed by atoms with Gasteiger partial charge in [-0.15, -0.1) is 0 Å². The number of nitrogens with zero attached hydrogens (tertiary/aromatic N) is 4. The smallest absolute Gasteiger partial charge is 0.266 e. The van der Waals surface area contributed by atoms with Crippen molar-refractivity contribution in [2.24, 2.45) is 0 Å². The molecule has 7 heteroatoms. The summed E-state index contributed by atoms with van der Waals surface area (Å²) in [6.45, 7) is 1.78. The van der Waals surface area contributed by atoms with E-state index in [1.165, 1.54) is 6.08 Å². The predicted molar refractivity (Wildman–Crippen MR) is 117 cm³/mol. The molecule has 0 aliphatic rings. The summed E-state index contributed by atoms with van der Waals surface area (Å²) in [5.74, 6) is -0.531. The first kappa shape index (κ1) is 19.4. The number of halogens is 1. The minimum atomic E-state index is -0.531. The van der Waals surface area contributed by atoms with Gasteiger partial charge >= 0.3 is 0 Å². The number of aryl methyl sites for hydroxylation is 1. The van der Waals surface area contributed by atoms with E-state index < -0.39 is 5.91 Å². The van der Waals surface area contributed by atoms with Gasteiger partial charge in [-0.3, -0.25) is 9.78 Å². The van der Waals surface area contributed by atoms with Crippen LogP contribution < -0.4 is 5.32 Å². The highest BCUT2D eigenvalue weighted by molar-refractivity contribution is 6.31. The van der Waals surface area contributed by atoms with Crippen LogP contribution in [0.2, 0.25) is 5.15 Å². The van der Waals surface area contributed by atoms with Gasteiger partial charge in [-0.05, 0) is 49.4 Å². The number of nitrogens with one attached hydrogen (secondary N) is 1. The molecule has 6 nitrogen and oxygen atoms in total. The standard InChI is InChI=1S/C23H16ClN5O/c1-15-19(22(24)29(28-15)17-7-3-2-4-8-17)13-16(14-25)23(30)27-21-11-5-10-20-18(21)9-6-12-26-20/h2-13H,1H3,(H,27,30)/b16-13-. The summed E-state index contributed by atoms with van der Waals surface area (Å²) >= 11 is 6.51. The Morgan fingerprint density at radius 3 is 2.70 bits per heavy atom. The number of fused-ring (bicyclic) bond motifs is 1. The molecule has 146 valence electrons. The third-order valence-electron chi connectivity index (χ3n) is 4.60. The summed E-state index contributed by atoms with van der Waals surface area (Å²) < 4.78 is 1.58. The van der Waals surface area contributed by atoms with Gasteiger partial charge in [-0.1, -0.05) is 35.9 Å². The van der Waals surface area contributed by atoms with Crippen molar-refractivity contribution in [1.29, 1.82) is 5.26 Å². The van der Waals surface area contributed by atoms with Crippen molar-refractivity contribution in [2.45, 2.75) is 6.92 Å². The lowest BCUT2D eigenvalue weighted by Gasteiger charge is -2.07. The molecule has 0 atom stereocenters. The lowest BCUT2D eigenvalue weighted by Crippen LogP contribution is -2.13. The van der Waals surface area contributed by atoms with E-state index in [1.54, 1.807) is 36.0 Å². The summed E-state index contributed by atoms with van der Waals surface area (Å²) in [6, 6.07) is 20.4. The van der Waals surface area contributed by atoms with Crippen LogP contribution in [0, 0.1) is 18.3 Å². The van der Waals surface area contributed by atoms with Crippen LogP contribution in [0.4, 0.5) is 5.69 Å². The van der Waals surface area contributed by atoms with Crippen LogP contribution in [0.15, 0.2) is 72.4 Å². The maximum Gasteiger partial charge on any atom is 0.266 e. The Kier molecular flexibility index (Phi) is 5.29. The van der Waals surface area contributed by atoms with Crippen LogP contribution >= 0.6 is 11.6 Å². The second-order valence-electron chi connectivity index (χ2n) is 6.54.